The second-order valence-corrected chi connectivity index (χ2v) is 4.86. The van der Waals surface area contributed by atoms with Crippen LogP contribution in [-0.2, 0) is 0 Å². The van der Waals surface area contributed by atoms with Crippen molar-refractivity contribution in [3.8, 4) is 0 Å². The van der Waals surface area contributed by atoms with Crippen LogP contribution in [0.2, 0.25) is 0 Å². The number of rotatable bonds is 2. The first-order valence-electron chi connectivity index (χ1n) is 3.26. The number of hydrogen-bond acceptors (Lipinski definition) is 0. The van der Waals surface area contributed by atoms with Crippen LogP contribution in [0, 0.1) is 5.41 Å². The smallest absolute Gasteiger partial charge is 0.0122 e. The molecule has 0 nitrogen and oxygen atoms in total. The van der Waals surface area contributed by atoms with Crippen LogP contribution in [0.3, 0.4) is 0 Å². The molecule has 1 heteroatoms. The summed E-state index contributed by atoms with van der Waals surface area (Å²) in [4.78, 5) is 0.718. The lowest BCUT2D eigenvalue weighted by atomic mass is 10.0. The zero-order chi connectivity index (χ0) is 6.20. The second kappa shape index (κ2) is 2.02. The van der Waals surface area contributed by atoms with Crippen LogP contribution in [0.25, 0.3) is 0 Å². The van der Waals surface area contributed by atoms with Gasteiger partial charge >= 0.3 is 0 Å². The highest BCUT2D eigenvalue weighted by molar-refractivity contribution is 9.09. The van der Waals surface area contributed by atoms with Gasteiger partial charge < -0.3 is 0 Å². The van der Waals surface area contributed by atoms with Crippen LogP contribution in [0.4, 0.5) is 0 Å². The summed E-state index contributed by atoms with van der Waals surface area (Å²) in [5.74, 6) is 0. The number of hydrogen-bond donors (Lipinski definition) is 0. The molecule has 8 heavy (non-hydrogen) atoms. The van der Waals surface area contributed by atoms with Crippen LogP contribution < -0.4 is 0 Å². The van der Waals surface area contributed by atoms with Crippen LogP contribution in [0.1, 0.15) is 33.1 Å². The molecule has 48 valence electrons. The van der Waals surface area contributed by atoms with E-state index in [4.69, 9.17) is 0 Å². The lowest BCUT2D eigenvalue weighted by molar-refractivity contribution is 0.521. The summed E-state index contributed by atoms with van der Waals surface area (Å²) in [7, 11) is 0. The van der Waals surface area contributed by atoms with E-state index >= 15 is 0 Å². The maximum atomic E-state index is 3.55. The molecular weight excluding hydrogens is 164 g/mol. The molecule has 0 radical (unpaired) electrons. The van der Waals surface area contributed by atoms with Gasteiger partial charge in [-0.3, -0.25) is 0 Å². The average Bonchev–Trinajstić information content (AvgIpc) is 2.17. The summed E-state index contributed by atoms with van der Waals surface area (Å²) < 4.78 is 0. The van der Waals surface area contributed by atoms with Crippen LogP contribution >= 0.6 is 15.9 Å². The molecule has 1 saturated carbocycles. The van der Waals surface area contributed by atoms with Crippen molar-refractivity contribution in [2.45, 2.75) is 37.9 Å². The Kier molecular flexibility index (Phi) is 1.66. The van der Waals surface area contributed by atoms with Crippen molar-refractivity contribution >= 4 is 15.9 Å². The van der Waals surface area contributed by atoms with Gasteiger partial charge in [-0.1, -0.05) is 29.8 Å². The third-order valence-electron chi connectivity index (χ3n) is 1.88. The topological polar surface area (TPSA) is 0 Å². The summed E-state index contributed by atoms with van der Waals surface area (Å²) in [5.41, 5.74) is 0.725. The molecule has 0 spiro atoms. The van der Waals surface area contributed by atoms with Crippen molar-refractivity contribution in [1.29, 1.82) is 0 Å². The molecule has 1 atom stereocenters. The molecule has 0 heterocycles. The van der Waals surface area contributed by atoms with Crippen molar-refractivity contribution in [2.24, 2.45) is 5.41 Å². The summed E-state index contributed by atoms with van der Waals surface area (Å²) in [6.45, 7) is 4.59. The largest absolute Gasteiger partial charge is 0.0893 e. The highest BCUT2D eigenvalue weighted by Crippen LogP contribution is 2.49. The Morgan fingerprint density at radius 3 is 2.25 bits per heavy atom. The van der Waals surface area contributed by atoms with Crippen molar-refractivity contribution in [3.63, 3.8) is 0 Å². The highest BCUT2D eigenvalue weighted by Gasteiger charge is 2.37. The molecule has 0 amide bonds. The maximum Gasteiger partial charge on any atom is 0.0122 e. The molecule has 0 bridgehead atoms. The zero-order valence-electron chi connectivity index (χ0n) is 5.58. The fraction of sp³-hybridized carbons (Fsp3) is 1.00. The van der Waals surface area contributed by atoms with Gasteiger partial charge in [0, 0.05) is 4.83 Å². The first-order valence-corrected chi connectivity index (χ1v) is 4.18. The SMILES string of the molecule is CC(Br)CC1(C)CC1. The molecule has 1 unspecified atom stereocenters. The Hall–Kier alpha value is 0.480. The lowest BCUT2D eigenvalue weighted by Gasteiger charge is -2.08. The summed E-state index contributed by atoms with van der Waals surface area (Å²) in [5, 5.41) is 0. The van der Waals surface area contributed by atoms with Gasteiger partial charge in [-0.2, -0.15) is 0 Å². The monoisotopic (exact) mass is 176 g/mol. The Bertz CT molecular complexity index is 82.4. The van der Waals surface area contributed by atoms with E-state index in [2.05, 4.69) is 29.8 Å². The fourth-order valence-corrected chi connectivity index (χ4v) is 1.88. The Morgan fingerprint density at radius 2 is 2.12 bits per heavy atom. The first kappa shape index (κ1) is 6.60. The summed E-state index contributed by atoms with van der Waals surface area (Å²) in [6, 6.07) is 0. The Morgan fingerprint density at radius 1 is 1.62 bits per heavy atom. The standard InChI is InChI=1S/C7H13Br/c1-6(8)5-7(2)3-4-7/h6H,3-5H2,1-2H3. The molecule has 0 N–H and O–H groups in total. The minimum absolute atomic E-state index is 0.718. The van der Waals surface area contributed by atoms with Gasteiger partial charge in [0.25, 0.3) is 0 Å². The number of alkyl halides is 1. The molecule has 0 aromatic heterocycles. The second-order valence-electron chi connectivity index (χ2n) is 3.30. The third-order valence-corrected chi connectivity index (χ3v) is 2.20. The number of halogens is 1. The predicted octanol–water partition coefficient (Wildman–Crippen LogP) is 2.96. The Labute approximate surface area is 59.8 Å². The minimum atomic E-state index is 0.718. The molecule has 1 aliphatic rings. The first-order chi connectivity index (χ1) is 3.62. The van der Waals surface area contributed by atoms with E-state index in [0.29, 0.717) is 0 Å². The van der Waals surface area contributed by atoms with Crippen molar-refractivity contribution in [3.05, 3.63) is 0 Å². The molecule has 0 aromatic rings. The minimum Gasteiger partial charge on any atom is -0.0893 e. The van der Waals surface area contributed by atoms with Gasteiger partial charge in [-0.05, 0) is 24.7 Å². The molecule has 0 aromatic carbocycles. The molecule has 0 saturated heterocycles. The van der Waals surface area contributed by atoms with E-state index in [1.807, 2.05) is 0 Å². The average molecular weight is 177 g/mol. The molecular formula is C7H13Br. The molecule has 0 aliphatic heterocycles. The van der Waals surface area contributed by atoms with Gasteiger partial charge in [-0.15, -0.1) is 0 Å². The normalized spacial score (nSPS) is 27.4. The summed E-state index contributed by atoms with van der Waals surface area (Å²) in [6.07, 6.45) is 4.25. The molecule has 1 fully saturated rings. The quantitative estimate of drug-likeness (QED) is 0.569. The van der Waals surface area contributed by atoms with Gasteiger partial charge in [0.05, 0.1) is 0 Å². The third kappa shape index (κ3) is 1.77. The van der Waals surface area contributed by atoms with Gasteiger partial charge in [0.1, 0.15) is 0 Å². The van der Waals surface area contributed by atoms with Crippen molar-refractivity contribution in [1.82, 2.24) is 0 Å². The molecule has 1 aliphatic carbocycles. The van der Waals surface area contributed by atoms with Crippen LogP contribution in [-0.4, -0.2) is 4.83 Å². The van der Waals surface area contributed by atoms with Crippen LogP contribution in [0.15, 0.2) is 0 Å². The Balaban J connectivity index is 2.19. The van der Waals surface area contributed by atoms with E-state index in [0.717, 1.165) is 10.2 Å². The molecule has 1 rings (SSSR count). The maximum absolute atomic E-state index is 3.55. The van der Waals surface area contributed by atoms with Gasteiger partial charge in [0.15, 0.2) is 0 Å². The van der Waals surface area contributed by atoms with E-state index in [9.17, 15) is 0 Å². The van der Waals surface area contributed by atoms with Gasteiger partial charge in [0.2, 0.25) is 0 Å². The fourth-order valence-electron chi connectivity index (χ4n) is 1.10. The van der Waals surface area contributed by atoms with E-state index in [-0.39, 0.29) is 0 Å². The van der Waals surface area contributed by atoms with E-state index < -0.39 is 0 Å². The zero-order valence-corrected chi connectivity index (χ0v) is 7.16. The highest BCUT2D eigenvalue weighted by atomic mass is 79.9. The van der Waals surface area contributed by atoms with Crippen molar-refractivity contribution < 1.29 is 0 Å². The lowest BCUT2D eigenvalue weighted by Crippen LogP contribution is -2.00. The van der Waals surface area contributed by atoms with Crippen molar-refractivity contribution in [2.75, 3.05) is 0 Å². The van der Waals surface area contributed by atoms with E-state index in [1.54, 1.807) is 0 Å². The summed E-state index contributed by atoms with van der Waals surface area (Å²) >= 11 is 3.55. The van der Waals surface area contributed by atoms with Gasteiger partial charge in [-0.25, -0.2) is 0 Å². The van der Waals surface area contributed by atoms with Crippen LogP contribution in [0.5, 0.6) is 0 Å². The predicted molar refractivity (Wildman–Crippen MR) is 40.3 cm³/mol. The van der Waals surface area contributed by atoms with E-state index in [1.165, 1.54) is 19.3 Å².